The maximum Gasteiger partial charge on any atom is 0.261 e. The summed E-state index contributed by atoms with van der Waals surface area (Å²) >= 11 is 1.47. The Morgan fingerprint density at radius 2 is 1.73 bits per heavy atom. The molecule has 0 aliphatic carbocycles. The van der Waals surface area contributed by atoms with Crippen molar-refractivity contribution >= 4 is 28.8 Å². The Morgan fingerprint density at radius 3 is 2.39 bits per heavy atom. The fraction of sp³-hybridized carbons (Fsp3) is 0.520. The average molecular weight is 470 g/mol. The van der Waals surface area contributed by atoms with Gasteiger partial charge in [0.2, 0.25) is 0 Å². The van der Waals surface area contributed by atoms with Crippen LogP contribution in [0.2, 0.25) is 0 Å². The van der Waals surface area contributed by atoms with Gasteiger partial charge in [-0.25, -0.2) is 0 Å². The first-order valence-corrected chi connectivity index (χ1v) is 12.7. The van der Waals surface area contributed by atoms with E-state index in [9.17, 15) is 9.59 Å². The topological polar surface area (TPSA) is 59.1 Å². The van der Waals surface area contributed by atoms with Crippen molar-refractivity contribution in [1.82, 2.24) is 20.0 Å². The van der Waals surface area contributed by atoms with Crippen molar-refractivity contribution < 1.29 is 9.59 Å². The monoisotopic (exact) mass is 469 g/mol. The van der Waals surface area contributed by atoms with Gasteiger partial charge in [-0.2, -0.15) is 0 Å². The van der Waals surface area contributed by atoms with E-state index in [1.807, 2.05) is 40.6 Å². The van der Waals surface area contributed by atoms with E-state index in [0.717, 1.165) is 81.3 Å². The van der Waals surface area contributed by atoms with E-state index in [2.05, 4.69) is 40.2 Å². The molecule has 8 heteroatoms. The van der Waals surface area contributed by atoms with Crippen LogP contribution in [0.5, 0.6) is 0 Å². The maximum atomic E-state index is 13.4. The molecule has 2 saturated heterocycles. The van der Waals surface area contributed by atoms with Crippen LogP contribution < -0.4 is 10.2 Å². The minimum absolute atomic E-state index is 0.0174. The van der Waals surface area contributed by atoms with Gasteiger partial charge in [-0.05, 0) is 50.5 Å². The molecule has 33 heavy (non-hydrogen) atoms. The first-order valence-electron chi connectivity index (χ1n) is 11.9. The van der Waals surface area contributed by atoms with Crippen LogP contribution in [0.4, 0.5) is 5.69 Å². The Morgan fingerprint density at radius 1 is 1.00 bits per heavy atom. The highest BCUT2D eigenvalue weighted by Gasteiger charge is 2.27. The van der Waals surface area contributed by atoms with Crippen molar-refractivity contribution in [3.05, 3.63) is 52.2 Å². The fourth-order valence-electron chi connectivity index (χ4n) is 4.55. The molecule has 0 saturated carbocycles. The molecule has 1 N–H and O–H groups in total. The summed E-state index contributed by atoms with van der Waals surface area (Å²) < 4.78 is 0. The first kappa shape index (κ1) is 23.7. The second-order valence-electron chi connectivity index (χ2n) is 9.17. The Bertz CT molecular complexity index is 917. The van der Waals surface area contributed by atoms with E-state index in [1.54, 1.807) is 0 Å². The SMILES string of the molecule is CN(C)CCN1CCN(C(=O)c2ccccc2N2CCC(NC(=O)c3cccs3)CC2)CC1. The van der Waals surface area contributed by atoms with E-state index in [-0.39, 0.29) is 17.9 Å². The predicted molar refractivity (Wildman–Crippen MR) is 134 cm³/mol. The molecule has 2 aliphatic rings. The number of hydrogen-bond acceptors (Lipinski definition) is 6. The number of rotatable bonds is 7. The molecular weight excluding hydrogens is 434 g/mol. The summed E-state index contributed by atoms with van der Waals surface area (Å²) in [4.78, 5) is 35.5. The molecule has 0 radical (unpaired) electrons. The van der Waals surface area contributed by atoms with Crippen molar-refractivity contribution in [2.75, 3.05) is 71.4 Å². The minimum Gasteiger partial charge on any atom is -0.371 e. The lowest BCUT2D eigenvalue weighted by Crippen LogP contribution is -2.50. The van der Waals surface area contributed by atoms with Gasteiger partial charge in [0, 0.05) is 64.1 Å². The highest BCUT2D eigenvalue weighted by molar-refractivity contribution is 7.12. The normalized spacial score (nSPS) is 18.0. The highest BCUT2D eigenvalue weighted by Crippen LogP contribution is 2.26. The van der Waals surface area contributed by atoms with E-state index in [0.29, 0.717) is 0 Å². The highest BCUT2D eigenvalue weighted by atomic mass is 32.1. The maximum absolute atomic E-state index is 13.4. The summed E-state index contributed by atoms with van der Waals surface area (Å²) in [5.74, 6) is 0.148. The van der Waals surface area contributed by atoms with Gasteiger partial charge in [-0.3, -0.25) is 14.5 Å². The number of carbonyl (C=O) groups is 2. The van der Waals surface area contributed by atoms with Crippen LogP contribution >= 0.6 is 11.3 Å². The van der Waals surface area contributed by atoms with Crippen molar-refractivity contribution in [3.8, 4) is 0 Å². The molecule has 2 amide bonds. The molecule has 2 aromatic rings. The predicted octanol–water partition coefficient (Wildman–Crippen LogP) is 2.47. The summed E-state index contributed by atoms with van der Waals surface area (Å²) in [7, 11) is 4.19. The number of hydrogen-bond donors (Lipinski definition) is 1. The number of piperazine rings is 1. The number of piperidine rings is 1. The number of anilines is 1. The van der Waals surface area contributed by atoms with Gasteiger partial charge in [0.15, 0.2) is 0 Å². The molecule has 2 aliphatic heterocycles. The Hall–Kier alpha value is -2.42. The van der Waals surface area contributed by atoms with E-state index >= 15 is 0 Å². The smallest absolute Gasteiger partial charge is 0.261 e. The number of thiophene rings is 1. The average Bonchev–Trinajstić information content (AvgIpc) is 3.38. The van der Waals surface area contributed by atoms with Gasteiger partial charge >= 0.3 is 0 Å². The number of likely N-dealkylation sites (N-methyl/N-ethyl adjacent to an activating group) is 1. The summed E-state index contributed by atoms with van der Waals surface area (Å²) in [5.41, 5.74) is 1.81. The van der Waals surface area contributed by atoms with E-state index in [1.165, 1.54) is 11.3 Å². The van der Waals surface area contributed by atoms with Gasteiger partial charge in [-0.1, -0.05) is 18.2 Å². The van der Waals surface area contributed by atoms with Crippen LogP contribution in [0.25, 0.3) is 0 Å². The standard InChI is InChI=1S/C25H35N5O2S/c1-27(2)13-14-28-15-17-30(18-16-28)25(32)21-6-3-4-7-22(21)29-11-9-20(10-12-29)26-24(31)23-8-5-19-33-23/h3-8,19-20H,9-18H2,1-2H3,(H,26,31). The molecule has 1 aromatic carbocycles. The molecule has 178 valence electrons. The fourth-order valence-corrected chi connectivity index (χ4v) is 5.17. The van der Waals surface area contributed by atoms with Gasteiger partial charge in [-0.15, -0.1) is 11.3 Å². The molecule has 4 rings (SSSR count). The number of amides is 2. The summed E-state index contributed by atoms with van der Waals surface area (Å²) in [5, 5.41) is 5.09. The van der Waals surface area contributed by atoms with Crippen LogP contribution in [-0.2, 0) is 0 Å². The Kier molecular flexibility index (Phi) is 8.01. The van der Waals surface area contributed by atoms with Crippen LogP contribution in [0, 0.1) is 0 Å². The lowest BCUT2D eigenvalue weighted by molar-refractivity contribution is 0.0630. The summed E-state index contributed by atoms with van der Waals surface area (Å²) in [6.45, 7) is 7.16. The zero-order valence-corrected chi connectivity index (χ0v) is 20.5. The third-order valence-electron chi connectivity index (χ3n) is 6.57. The largest absolute Gasteiger partial charge is 0.371 e. The lowest BCUT2D eigenvalue weighted by Gasteiger charge is -2.37. The molecule has 0 bridgehead atoms. The molecule has 0 spiro atoms. The quantitative estimate of drug-likeness (QED) is 0.675. The van der Waals surface area contributed by atoms with Gasteiger partial charge in [0.25, 0.3) is 11.8 Å². The lowest BCUT2D eigenvalue weighted by atomic mass is 10.0. The summed E-state index contributed by atoms with van der Waals surface area (Å²) in [6.07, 6.45) is 1.76. The van der Waals surface area contributed by atoms with Crippen LogP contribution in [0.1, 0.15) is 32.9 Å². The number of para-hydroxylation sites is 1. The number of benzene rings is 1. The first-order chi connectivity index (χ1) is 16.0. The van der Waals surface area contributed by atoms with Crippen LogP contribution in [0.3, 0.4) is 0 Å². The van der Waals surface area contributed by atoms with Gasteiger partial charge in [0.05, 0.1) is 10.4 Å². The van der Waals surface area contributed by atoms with Crippen molar-refractivity contribution in [2.45, 2.75) is 18.9 Å². The summed E-state index contributed by atoms with van der Waals surface area (Å²) in [6, 6.07) is 11.9. The molecule has 0 atom stereocenters. The molecule has 1 aromatic heterocycles. The molecular formula is C25H35N5O2S. The van der Waals surface area contributed by atoms with Gasteiger partial charge in [0.1, 0.15) is 0 Å². The second kappa shape index (κ2) is 11.1. The van der Waals surface area contributed by atoms with Gasteiger partial charge < -0.3 is 20.0 Å². The van der Waals surface area contributed by atoms with Crippen molar-refractivity contribution in [1.29, 1.82) is 0 Å². The van der Waals surface area contributed by atoms with Crippen LogP contribution in [-0.4, -0.2) is 99.0 Å². The zero-order chi connectivity index (χ0) is 23.2. The Balaban J connectivity index is 1.32. The molecule has 3 heterocycles. The third-order valence-corrected chi connectivity index (χ3v) is 7.44. The third kappa shape index (κ3) is 6.13. The molecule has 2 fully saturated rings. The molecule has 7 nitrogen and oxygen atoms in total. The van der Waals surface area contributed by atoms with Crippen molar-refractivity contribution in [2.24, 2.45) is 0 Å². The van der Waals surface area contributed by atoms with Crippen LogP contribution in [0.15, 0.2) is 41.8 Å². The number of nitrogens with zero attached hydrogens (tertiary/aromatic N) is 4. The number of carbonyl (C=O) groups excluding carboxylic acids is 2. The van der Waals surface area contributed by atoms with Crippen molar-refractivity contribution in [3.63, 3.8) is 0 Å². The Labute approximate surface area is 201 Å². The number of nitrogens with one attached hydrogen (secondary N) is 1. The van der Waals surface area contributed by atoms with E-state index < -0.39 is 0 Å². The molecule has 0 unspecified atom stereocenters. The minimum atomic E-state index is 0.0174. The zero-order valence-electron chi connectivity index (χ0n) is 19.7. The second-order valence-corrected chi connectivity index (χ2v) is 10.1. The van der Waals surface area contributed by atoms with E-state index in [4.69, 9.17) is 0 Å².